The maximum absolute atomic E-state index is 11.6. The van der Waals surface area contributed by atoms with Crippen molar-refractivity contribution in [2.24, 2.45) is 0 Å². The maximum atomic E-state index is 11.6. The van der Waals surface area contributed by atoms with Gasteiger partial charge in [0, 0.05) is 13.1 Å². The van der Waals surface area contributed by atoms with Crippen molar-refractivity contribution in [2.45, 2.75) is 26.3 Å². The zero-order valence-electron chi connectivity index (χ0n) is 10.4. The van der Waals surface area contributed by atoms with E-state index in [1.54, 1.807) is 6.07 Å². The molecule has 0 aliphatic heterocycles. The lowest BCUT2D eigenvalue weighted by atomic mass is 10.1. The minimum Gasteiger partial charge on any atom is -0.465 e. The van der Waals surface area contributed by atoms with Crippen molar-refractivity contribution >= 4 is 11.7 Å². The second-order valence-electron chi connectivity index (χ2n) is 3.88. The summed E-state index contributed by atoms with van der Waals surface area (Å²) in [6, 6.07) is 7.91. The van der Waals surface area contributed by atoms with E-state index in [0.29, 0.717) is 11.6 Å². The molecule has 0 aromatic heterocycles. The first-order valence-corrected chi connectivity index (χ1v) is 5.52. The molecular weight excluding hydrogens is 202 g/mol. The quantitative estimate of drug-likeness (QED) is 0.732. The molecule has 1 unspecified atom stereocenters. The smallest absolute Gasteiger partial charge is 0.339 e. The monoisotopic (exact) mass is 221 g/mol. The lowest BCUT2D eigenvalue weighted by Gasteiger charge is -2.27. The van der Waals surface area contributed by atoms with E-state index in [-0.39, 0.29) is 5.97 Å². The van der Waals surface area contributed by atoms with E-state index in [0.717, 1.165) is 12.1 Å². The number of rotatable bonds is 4. The molecule has 0 aliphatic carbocycles. The summed E-state index contributed by atoms with van der Waals surface area (Å²) in [7, 11) is 3.40. The first-order valence-electron chi connectivity index (χ1n) is 5.52. The summed E-state index contributed by atoms with van der Waals surface area (Å²) in [5.74, 6) is -0.286. The van der Waals surface area contributed by atoms with Gasteiger partial charge in [-0.05, 0) is 25.5 Å². The molecule has 0 radical (unpaired) electrons. The fourth-order valence-electron chi connectivity index (χ4n) is 1.58. The molecular formula is C13H19NO2. The van der Waals surface area contributed by atoms with Gasteiger partial charge in [0.2, 0.25) is 0 Å². The van der Waals surface area contributed by atoms with Gasteiger partial charge in [-0.1, -0.05) is 19.1 Å². The van der Waals surface area contributed by atoms with Gasteiger partial charge in [0.25, 0.3) is 0 Å². The summed E-state index contributed by atoms with van der Waals surface area (Å²) < 4.78 is 4.77. The van der Waals surface area contributed by atoms with Crippen LogP contribution in [0.4, 0.5) is 5.69 Å². The van der Waals surface area contributed by atoms with Crippen LogP contribution >= 0.6 is 0 Å². The van der Waals surface area contributed by atoms with E-state index in [2.05, 4.69) is 18.7 Å². The van der Waals surface area contributed by atoms with Crippen molar-refractivity contribution in [1.82, 2.24) is 0 Å². The highest BCUT2D eigenvalue weighted by Gasteiger charge is 2.16. The molecule has 0 amide bonds. The highest BCUT2D eigenvalue weighted by molar-refractivity contribution is 5.95. The van der Waals surface area contributed by atoms with Crippen molar-refractivity contribution in [1.29, 1.82) is 0 Å². The minimum atomic E-state index is -0.286. The fraction of sp³-hybridized carbons (Fsp3) is 0.462. The largest absolute Gasteiger partial charge is 0.465 e. The minimum absolute atomic E-state index is 0.286. The fourth-order valence-corrected chi connectivity index (χ4v) is 1.58. The number of para-hydroxylation sites is 1. The second kappa shape index (κ2) is 5.54. The Morgan fingerprint density at radius 2 is 2.06 bits per heavy atom. The Bertz CT molecular complexity index is 363. The molecule has 0 bridgehead atoms. The molecule has 0 heterocycles. The number of nitrogens with zero attached hydrogens (tertiary/aromatic N) is 1. The van der Waals surface area contributed by atoms with Crippen LogP contribution in [0.3, 0.4) is 0 Å². The van der Waals surface area contributed by atoms with Gasteiger partial charge >= 0.3 is 5.97 Å². The lowest BCUT2D eigenvalue weighted by Crippen LogP contribution is -2.29. The summed E-state index contributed by atoms with van der Waals surface area (Å²) in [5.41, 5.74) is 1.54. The van der Waals surface area contributed by atoms with Gasteiger partial charge in [0.15, 0.2) is 0 Å². The Balaban J connectivity index is 3.08. The van der Waals surface area contributed by atoms with Gasteiger partial charge in [-0.15, -0.1) is 0 Å². The average Bonchev–Trinajstić information content (AvgIpc) is 2.35. The van der Waals surface area contributed by atoms with Gasteiger partial charge in [-0.25, -0.2) is 4.79 Å². The first kappa shape index (κ1) is 12.6. The van der Waals surface area contributed by atoms with Crippen LogP contribution in [0.1, 0.15) is 30.6 Å². The number of hydrogen-bond donors (Lipinski definition) is 0. The Morgan fingerprint density at radius 1 is 1.44 bits per heavy atom. The number of carbonyl (C=O) groups excluding carboxylic acids is 1. The van der Waals surface area contributed by atoms with Crippen LogP contribution in [-0.2, 0) is 4.74 Å². The van der Waals surface area contributed by atoms with Crippen LogP contribution in [-0.4, -0.2) is 26.2 Å². The molecule has 1 aromatic carbocycles. The van der Waals surface area contributed by atoms with Crippen LogP contribution in [0.5, 0.6) is 0 Å². The predicted octanol–water partition coefficient (Wildman–Crippen LogP) is 2.71. The van der Waals surface area contributed by atoms with Crippen LogP contribution in [0.15, 0.2) is 24.3 Å². The van der Waals surface area contributed by atoms with Crippen LogP contribution in [0, 0.1) is 0 Å². The molecule has 0 saturated carbocycles. The molecule has 0 N–H and O–H groups in total. The van der Waals surface area contributed by atoms with E-state index < -0.39 is 0 Å². The van der Waals surface area contributed by atoms with Crippen LogP contribution in [0.2, 0.25) is 0 Å². The van der Waals surface area contributed by atoms with Crippen molar-refractivity contribution in [3.8, 4) is 0 Å². The summed E-state index contributed by atoms with van der Waals surface area (Å²) in [5, 5.41) is 0. The topological polar surface area (TPSA) is 29.5 Å². The molecule has 0 saturated heterocycles. The Kier molecular flexibility index (Phi) is 4.35. The number of hydrogen-bond acceptors (Lipinski definition) is 3. The maximum Gasteiger partial charge on any atom is 0.339 e. The highest BCUT2D eigenvalue weighted by Crippen LogP contribution is 2.22. The highest BCUT2D eigenvalue weighted by atomic mass is 16.5. The standard InChI is InChI=1S/C13H19NO2/c1-5-10(2)14(3)12-9-7-6-8-11(12)13(15)16-4/h6-10H,5H2,1-4H3. The van der Waals surface area contributed by atoms with E-state index in [1.165, 1.54) is 7.11 Å². The Morgan fingerprint density at radius 3 is 2.62 bits per heavy atom. The molecule has 88 valence electrons. The van der Waals surface area contributed by atoms with Gasteiger partial charge < -0.3 is 9.64 Å². The van der Waals surface area contributed by atoms with E-state index >= 15 is 0 Å². The van der Waals surface area contributed by atoms with Crippen molar-refractivity contribution in [3.05, 3.63) is 29.8 Å². The van der Waals surface area contributed by atoms with Gasteiger partial charge in [-0.3, -0.25) is 0 Å². The Labute approximate surface area is 97.0 Å². The SMILES string of the molecule is CCC(C)N(C)c1ccccc1C(=O)OC. The molecule has 16 heavy (non-hydrogen) atoms. The molecule has 0 spiro atoms. The second-order valence-corrected chi connectivity index (χ2v) is 3.88. The average molecular weight is 221 g/mol. The lowest BCUT2D eigenvalue weighted by molar-refractivity contribution is 0.0601. The summed E-state index contributed by atoms with van der Waals surface area (Å²) in [6.45, 7) is 4.26. The molecule has 0 aliphatic rings. The molecule has 1 atom stereocenters. The number of anilines is 1. The summed E-state index contributed by atoms with van der Waals surface area (Å²) in [4.78, 5) is 13.7. The van der Waals surface area contributed by atoms with Gasteiger partial charge in [0.05, 0.1) is 18.4 Å². The Hall–Kier alpha value is -1.51. The van der Waals surface area contributed by atoms with Crippen molar-refractivity contribution in [2.75, 3.05) is 19.1 Å². The van der Waals surface area contributed by atoms with E-state index in [9.17, 15) is 4.79 Å². The third kappa shape index (κ3) is 2.54. The van der Waals surface area contributed by atoms with Crippen LogP contribution in [0.25, 0.3) is 0 Å². The zero-order chi connectivity index (χ0) is 12.1. The van der Waals surface area contributed by atoms with Gasteiger partial charge in [-0.2, -0.15) is 0 Å². The molecule has 1 aromatic rings. The normalized spacial score (nSPS) is 12.0. The molecule has 3 nitrogen and oxygen atoms in total. The number of esters is 1. The summed E-state index contributed by atoms with van der Waals surface area (Å²) >= 11 is 0. The number of methoxy groups -OCH3 is 1. The summed E-state index contributed by atoms with van der Waals surface area (Å²) in [6.07, 6.45) is 1.03. The molecule has 1 rings (SSSR count). The van der Waals surface area contributed by atoms with Crippen LogP contribution < -0.4 is 4.90 Å². The van der Waals surface area contributed by atoms with Crippen molar-refractivity contribution in [3.63, 3.8) is 0 Å². The van der Waals surface area contributed by atoms with E-state index in [4.69, 9.17) is 4.74 Å². The molecule has 0 fully saturated rings. The third-order valence-electron chi connectivity index (χ3n) is 2.94. The number of carbonyl (C=O) groups is 1. The number of ether oxygens (including phenoxy) is 1. The predicted molar refractivity (Wildman–Crippen MR) is 65.9 cm³/mol. The molecule has 3 heteroatoms. The van der Waals surface area contributed by atoms with Crippen molar-refractivity contribution < 1.29 is 9.53 Å². The van der Waals surface area contributed by atoms with Gasteiger partial charge in [0.1, 0.15) is 0 Å². The third-order valence-corrected chi connectivity index (χ3v) is 2.94. The number of benzene rings is 1. The zero-order valence-corrected chi connectivity index (χ0v) is 10.4. The van der Waals surface area contributed by atoms with E-state index in [1.807, 2.05) is 25.2 Å². The first-order chi connectivity index (χ1) is 7.61.